The molecule has 0 bridgehead atoms. The minimum absolute atomic E-state index is 0.127. The van der Waals surface area contributed by atoms with Crippen LogP contribution in [0.15, 0.2) is 24.3 Å². The number of rotatable bonds is 4. The maximum Gasteiger partial charge on any atom is 0.277 e. The molecule has 8 heteroatoms. The van der Waals surface area contributed by atoms with Gasteiger partial charge in [-0.2, -0.15) is 0 Å². The first-order chi connectivity index (χ1) is 12.4. The number of hydrogen-bond donors (Lipinski definition) is 3. The maximum atomic E-state index is 12.3. The number of hydrogen-bond acceptors (Lipinski definition) is 7. The number of fused-ring (bicyclic) bond motifs is 1. The zero-order valence-corrected chi connectivity index (χ0v) is 15.4. The number of thiophene rings is 1. The Morgan fingerprint density at radius 3 is 2.42 bits per heavy atom. The lowest BCUT2D eigenvalue weighted by atomic mass is 9.93. The molecule has 0 radical (unpaired) electrons. The van der Waals surface area contributed by atoms with Crippen LogP contribution in [-0.4, -0.2) is 23.8 Å². The van der Waals surface area contributed by atoms with Crippen LogP contribution in [0.5, 0.6) is 5.75 Å². The molecule has 2 heterocycles. The number of nitrogens with zero attached hydrogens (tertiary/aromatic N) is 1. The Hall–Kier alpha value is -2.97. The summed E-state index contributed by atoms with van der Waals surface area (Å²) >= 11 is 1.14. The molecule has 5 N–H and O–H groups in total. The first-order valence-corrected chi connectivity index (χ1v) is 8.59. The molecule has 0 saturated carbocycles. The average molecular weight is 370 g/mol. The predicted molar refractivity (Wildman–Crippen MR) is 102 cm³/mol. The Labute approximate surface area is 153 Å². The van der Waals surface area contributed by atoms with Crippen molar-refractivity contribution in [1.29, 1.82) is 0 Å². The maximum absolute atomic E-state index is 12.3. The van der Waals surface area contributed by atoms with Gasteiger partial charge in [-0.1, -0.05) is 12.1 Å². The summed E-state index contributed by atoms with van der Waals surface area (Å²) in [6, 6.07) is 7.30. The van der Waals surface area contributed by atoms with Crippen molar-refractivity contribution in [2.24, 2.45) is 5.84 Å². The second-order valence-corrected chi connectivity index (χ2v) is 6.73. The molecule has 2 aromatic heterocycles. The minimum atomic E-state index is -0.492. The lowest BCUT2D eigenvalue weighted by Crippen LogP contribution is -2.29. The highest BCUT2D eigenvalue weighted by Gasteiger charge is 2.24. The fourth-order valence-electron chi connectivity index (χ4n) is 2.98. The van der Waals surface area contributed by atoms with Gasteiger partial charge in [-0.15, -0.1) is 11.3 Å². The molecule has 1 aromatic carbocycles. The van der Waals surface area contributed by atoms with Crippen LogP contribution in [0.1, 0.15) is 32.6 Å². The molecule has 26 heavy (non-hydrogen) atoms. The van der Waals surface area contributed by atoms with Crippen molar-refractivity contribution in [3.05, 3.63) is 40.4 Å². The van der Waals surface area contributed by atoms with E-state index in [9.17, 15) is 9.59 Å². The predicted octanol–water partition coefficient (Wildman–Crippen LogP) is 2.67. The van der Waals surface area contributed by atoms with Gasteiger partial charge in [0.1, 0.15) is 15.5 Å². The number of carbonyl (C=O) groups is 2. The number of hydrazine groups is 1. The number of benzene rings is 1. The molecule has 0 fully saturated rings. The van der Waals surface area contributed by atoms with Crippen LogP contribution < -0.4 is 21.7 Å². The number of methoxy groups -OCH3 is 1. The second-order valence-electron chi connectivity index (χ2n) is 5.73. The van der Waals surface area contributed by atoms with Gasteiger partial charge in [-0.25, -0.2) is 10.8 Å². The summed E-state index contributed by atoms with van der Waals surface area (Å²) in [6.07, 6.45) is 0. The van der Waals surface area contributed by atoms with Crippen molar-refractivity contribution < 1.29 is 14.3 Å². The zero-order valence-electron chi connectivity index (χ0n) is 14.5. The third kappa shape index (κ3) is 2.79. The number of amides is 1. The first-order valence-electron chi connectivity index (χ1n) is 7.77. The fourth-order valence-corrected chi connectivity index (χ4v) is 4.03. The van der Waals surface area contributed by atoms with E-state index in [1.54, 1.807) is 26.2 Å². The summed E-state index contributed by atoms with van der Waals surface area (Å²) in [5, 5.41) is 0.578. The summed E-state index contributed by atoms with van der Waals surface area (Å²) in [7, 11) is 1.58. The smallest absolute Gasteiger partial charge is 0.277 e. The van der Waals surface area contributed by atoms with E-state index in [0.717, 1.165) is 16.9 Å². The zero-order chi connectivity index (χ0) is 19.0. The molecule has 1 amide bonds. The molecule has 0 unspecified atom stereocenters. The largest absolute Gasteiger partial charge is 0.497 e. The highest BCUT2D eigenvalue weighted by molar-refractivity contribution is 7.21. The van der Waals surface area contributed by atoms with Crippen molar-refractivity contribution >= 4 is 38.9 Å². The minimum Gasteiger partial charge on any atom is -0.497 e. The van der Waals surface area contributed by atoms with Gasteiger partial charge in [-0.3, -0.25) is 15.0 Å². The number of aryl methyl sites for hydroxylation is 1. The monoisotopic (exact) mass is 370 g/mol. The molecular formula is C18H18N4O3S. The van der Waals surface area contributed by atoms with E-state index in [0.29, 0.717) is 32.8 Å². The normalized spacial score (nSPS) is 10.8. The van der Waals surface area contributed by atoms with Gasteiger partial charge in [-0.05, 0) is 31.5 Å². The number of aromatic nitrogens is 1. The standard InChI is InChI=1S/C18H18N4O3S/c1-8-12(9(2)23)13(10-4-6-11(25-3)7-5-10)14-15(19)16(17(24)22-20)26-18(14)21-8/h4-7H,19-20H2,1-3H3,(H,22,24). The first kappa shape index (κ1) is 17.8. The summed E-state index contributed by atoms with van der Waals surface area (Å²) in [5.41, 5.74) is 11.1. The van der Waals surface area contributed by atoms with Gasteiger partial charge in [0, 0.05) is 16.5 Å². The van der Waals surface area contributed by atoms with Crippen LogP contribution >= 0.6 is 11.3 Å². The van der Waals surface area contributed by atoms with E-state index in [1.807, 2.05) is 12.1 Å². The molecule has 0 atom stereocenters. The Bertz CT molecular complexity index is 1030. The topological polar surface area (TPSA) is 120 Å². The number of ketones is 1. The van der Waals surface area contributed by atoms with E-state index < -0.39 is 5.91 Å². The number of ether oxygens (including phenoxy) is 1. The number of pyridine rings is 1. The number of nitrogens with one attached hydrogen (secondary N) is 1. The van der Waals surface area contributed by atoms with Crippen molar-refractivity contribution in [2.75, 3.05) is 12.8 Å². The molecular weight excluding hydrogens is 352 g/mol. The molecule has 0 aliphatic rings. The molecule has 0 spiro atoms. The summed E-state index contributed by atoms with van der Waals surface area (Å²) < 4.78 is 5.20. The Morgan fingerprint density at radius 1 is 1.23 bits per heavy atom. The van der Waals surface area contributed by atoms with Crippen LogP contribution in [0.4, 0.5) is 5.69 Å². The van der Waals surface area contributed by atoms with Crippen LogP contribution in [0.3, 0.4) is 0 Å². The van der Waals surface area contributed by atoms with Gasteiger partial charge >= 0.3 is 0 Å². The third-order valence-corrected chi connectivity index (χ3v) is 5.22. The van der Waals surface area contributed by atoms with Gasteiger partial charge in [0.2, 0.25) is 0 Å². The second kappa shape index (κ2) is 6.74. The van der Waals surface area contributed by atoms with Gasteiger partial charge in [0.15, 0.2) is 5.78 Å². The summed E-state index contributed by atoms with van der Waals surface area (Å²) in [5.74, 6) is 5.32. The lowest BCUT2D eigenvalue weighted by Gasteiger charge is -2.13. The van der Waals surface area contributed by atoms with Gasteiger partial charge < -0.3 is 10.5 Å². The molecule has 3 rings (SSSR count). The SMILES string of the molecule is COc1ccc(-c2c(C(C)=O)c(C)nc3sc(C(=O)NN)c(N)c23)cc1. The molecule has 7 nitrogen and oxygen atoms in total. The third-order valence-electron chi connectivity index (χ3n) is 4.13. The van der Waals surface area contributed by atoms with Crippen molar-refractivity contribution in [3.8, 4) is 16.9 Å². The fraction of sp³-hybridized carbons (Fsp3) is 0.167. The lowest BCUT2D eigenvalue weighted by molar-refractivity contribution is 0.0957. The quantitative estimate of drug-likeness (QED) is 0.281. The molecule has 3 aromatic rings. The summed E-state index contributed by atoms with van der Waals surface area (Å²) in [6.45, 7) is 3.25. The Balaban J connectivity index is 2.42. The molecule has 0 saturated heterocycles. The number of Topliss-reactive ketones (excluding diaryl/α,β-unsaturated/α-hetero) is 1. The number of anilines is 1. The molecule has 0 aliphatic carbocycles. The number of carbonyl (C=O) groups excluding carboxylic acids is 2. The van der Waals surface area contributed by atoms with Gasteiger partial charge in [0.05, 0.1) is 18.5 Å². The Kier molecular flexibility index (Phi) is 4.62. The van der Waals surface area contributed by atoms with Crippen molar-refractivity contribution in [3.63, 3.8) is 0 Å². The van der Waals surface area contributed by atoms with E-state index in [2.05, 4.69) is 10.4 Å². The van der Waals surface area contributed by atoms with Crippen LogP contribution in [0, 0.1) is 6.92 Å². The summed E-state index contributed by atoms with van der Waals surface area (Å²) in [4.78, 5) is 29.7. The molecule has 134 valence electrons. The average Bonchev–Trinajstić information content (AvgIpc) is 2.96. The number of nitrogen functional groups attached to an aromatic ring is 2. The highest BCUT2D eigenvalue weighted by Crippen LogP contribution is 2.42. The Morgan fingerprint density at radius 2 is 1.88 bits per heavy atom. The van der Waals surface area contributed by atoms with Crippen LogP contribution in [0.2, 0.25) is 0 Å². The van der Waals surface area contributed by atoms with Crippen molar-refractivity contribution in [1.82, 2.24) is 10.4 Å². The van der Waals surface area contributed by atoms with Crippen LogP contribution in [0.25, 0.3) is 21.3 Å². The van der Waals surface area contributed by atoms with E-state index >= 15 is 0 Å². The van der Waals surface area contributed by atoms with E-state index in [4.69, 9.17) is 16.3 Å². The van der Waals surface area contributed by atoms with Gasteiger partial charge in [0.25, 0.3) is 5.91 Å². The highest BCUT2D eigenvalue weighted by atomic mass is 32.1. The molecule has 0 aliphatic heterocycles. The van der Waals surface area contributed by atoms with Crippen molar-refractivity contribution in [2.45, 2.75) is 13.8 Å². The van der Waals surface area contributed by atoms with E-state index in [1.165, 1.54) is 6.92 Å². The van der Waals surface area contributed by atoms with Crippen LogP contribution in [-0.2, 0) is 0 Å². The number of nitrogens with two attached hydrogens (primary N) is 2. The van der Waals surface area contributed by atoms with E-state index in [-0.39, 0.29) is 16.3 Å².